The molecule has 33 heavy (non-hydrogen) atoms. The summed E-state index contributed by atoms with van der Waals surface area (Å²) in [5.41, 5.74) is 6.58. The Bertz CT molecular complexity index is 1100. The summed E-state index contributed by atoms with van der Waals surface area (Å²) in [5.74, 6) is -1.67. The summed E-state index contributed by atoms with van der Waals surface area (Å²) in [7, 11) is -2.99. The summed E-state index contributed by atoms with van der Waals surface area (Å²) in [5, 5.41) is 0. The van der Waals surface area contributed by atoms with Crippen molar-refractivity contribution < 1.29 is 22.7 Å². The molecule has 1 aliphatic rings. The molecule has 0 aliphatic carbocycles. The van der Waals surface area contributed by atoms with Crippen molar-refractivity contribution in [2.24, 2.45) is 5.73 Å². The lowest BCUT2D eigenvalue weighted by molar-refractivity contribution is -0.139. The van der Waals surface area contributed by atoms with Crippen LogP contribution in [0.4, 0.5) is 0 Å². The van der Waals surface area contributed by atoms with Gasteiger partial charge in [0.25, 0.3) is 5.91 Å². The van der Waals surface area contributed by atoms with Gasteiger partial charge in [-0.3, -0.25) is 19.5 Å². The Morgan fingerprint density at radius 1 is 1.12 bits per heavy atom. The molecule has 2 heterocycles. The van der Waals surface area contributed by atoms with Crippen molar-refractivity contribution in [3.63, 3.8) is 0 Å². The van der Waals surface area contributed by atoms with Crippen molar-refractivity contribution in [1.29, 1.82) is 0 Å². The third kappa shape index (κ3) is 5.49. The highest BCUT2D eigenvalue weighted by atomic mass is 32.2. The molecule has 2 aromatic rings. The van der Waals surface area contributed by atoms with Crippen LogP contribution in [0.1, 0.15) is 13.8 Å². The van der Waals surface area contributed by atoms with Crippen molar-refractivity contribution in [2.75, 3.05) is 33.3 Å². The Morgan fingerprint density at radius 3 is 2.36 bits per heavy atom. The van der Waals surface area contributed by atoms with E-state index < -0.39 is 27.9 Å². The molecule has 11 heteroatoms. The first-order chi connectivity index (χ1) is 15.7. The van der Waals surface area contributed by atoms with Crippen molar-refractivity contribution in [1.82, 2.24) is 19.5 Å². The largest absolute Gasteiger partial charge is 0.495 e. The number of primary amides is 1. The van der Waals surface area contributed by atoms with Gasteiger partial charge in [0, 0.05) is 55.7 Å². The predicted octanol–water partition coefficient (Wildman–Crippen LogP) is 0.442. The topological polar surface area (TPSA) is 135 Å². The Labute approximate surface area is 193 Å². The van der Waals surface area contributed by atoms with E-state index in [2.05, 4.69) is 28.5 Å². The van der Waals surface area contributed by atoms with Gasteiger partial charge < -0.3 is 15.4 Å². The van der Waals surface area contributed by atoms with Crippen LogP contribution < -0.4 is 15.2 Å². The van der Waals surface area contributed by atoms with Gasteiger partial charge in [0.15, 0.2) is 6.04 Å². The molecule has 1 aromatic heterocycles. The molecular formula is C22H29N5O5S. The maximum Gasteiger partial charge on any atom is 0.250 e. The number of piperazine rings is 1. The summed E-state index contributed by atoms with van der Waals surface area (Å²) >= 11 is 0. The number of aromatic nitrogens is 1. The first-order valence-corrected chi connectivity index (χ1v) is 12.1. The predicted molar refractivity (Wildman–Crippen MR) is 123 cm³/mol. The average Bonchev–Trinajstić information content (AvgIpc) is 2.82. The first kappa shape index (κ1) is 24.6. The lowest BCUT2D eigenvalue weighted by atomic mass is 10.1. The van der Waals surface area contributed by atoms with Crippen molar-refractivity contribution in [2.45, 2.75) is 30.8 Å². The van der Waals surface area contributed by atoms with E-state index in [1.807, 2.05) is 0 Å². The molecule has 3 N–H and O–H groups in total. The quantitative estimate of drug-likeness (QED) is 0.529. The van der Waals surface area contributed by atoms with Crippen LogP contribution in [0, 0.1) is 0 Å². The fraction of sp³-hybridized carbons (Fsp3) is 0.409. The standard InChI is InChI=1S/C22H29N5O5S/c1-15(2)26-10-12-27(13-11-26)22(29)19(21(23)28)25-33(30,31)18-8-4-7-17(20(18)32-3)16-6-5-9-24-14-16/h4-9,14-15,19,25H,10-13H2,1-3H3,(H2,23,28)/t19-/m0/s1. The maximum absolute atomic E-state index is 13.2. The fourth-order valence-corrected chi connectivity index (χ4v) is 5.13. The minimum Gasteiger partial charge on any atom is -0.495 e. The number of sulfonamides is 1. The zero-order valence-corrected chi connectivity index (χ0v) is 19.7. The molecule has 0 saturated carbocycles. The van der Waals surface area contributed by atoms with Gasteiger partial charge >= 0.3 is 0 Å². The summed E-state index contributed by atoms with van der Waals surface area (Å²) < 4.78 is 34.1. The Kier molecular flexibility index (Phi) is 7.67. The summed E-state index contributed by atoms with van der Waals surface area (Å²) in [6, 6.07) is 6.66. The minimum absolute atomic E-state index is 0.0687. The second kappa shape index (κ2) is 10.3. The molecule has 0 radical (unpaired) electrons. The smallest absolute Gasteiger partial charge is 0.250 e. The number of amides is 2. The molecule has 1 saturated heterocycles. The second-order valence-electron chi connectivity index (χ2n) is 7.99. The lowest BCUT2D eigenvalue weighted by Crippen LogP contribution is -2.59. The van der Waals surface area contributed by atoms with E-state index in [0.29, 0.717) is 43.3 Å². The van der Waals surface area contributed by atoms with E-state index in [0.717, 1.165) is 0 Å². The SMILES string of the molecule is COc1c(-c2cccnc2)cccc1S(=O)(=O)N[C@@H](C(N)=O)C(=O)N1CCN(C(C)C)CC1. The van der Waals surface area contributed by atoms with Gasteiger partial charge in [0.1, 0.15) is 10.6 Å². The van der Waals surface area contributed by atoms with Crippen molar-refractivity contribution >= 4 is 21.8 Å². The molecule has 1 atom stereocenters. The molecule has 178 valence electrons. The van der Waals surface area contributed by atoms with Crippen LogP contribution in [-0.4, -0.2) is 80.4 Å². The number of nitrogens with one attached hydrogen (secondary N) is 1. The van der Waals surface area contributed by atoms with Crippen molar-refractivity contribution in [3.05, 3.63) is 42.7 Å². The summed E-state index contributed by atoms with van der Waals surface area (Å²) in [6.07, 6.45) is 3.18. The van der Waals surface area contributed by atoms with Crippen molar-refractivity contribution in [3.8, 4) is 16.9 Å². The minimum atomic E-state index is -4.34. The van der Waals surface area contributed by atoms with Gasteiger partial charge in [-0.05, 0) is 26.0 Å². The van der Waals surface area contributed by atoms with Crippen LogP contribution in [0.5, 0.6) is 5.75 Å². The molecule has 1 aromatic carbocycles. The third-order valence-electron chi connectivity index (χ3n) is 5.61. The molecule has 0 unspecified atom stereocenters. The highest BCUT2D eigenvalue weighted by Gasteiger charge is 2.36. The molecule has 0 spiro atoms. The van der Waals surface area contributed by atoms with Crippen LogP contribution in [0.2, 0.25) is 0 Å². The molecule has 0 bridgehead atoms. The van der Waals surface area contributed by atoms with E-state index in [-0.39, 0.29) is 10.6 Å². The van der Waals surface area contributed by atoms with Crippen LogP contribution in [0.25, 0.3) is 11.1 Å². The fourth-order valence-electron chi connectivity index (χ4n) is 3.78. The number of hydrogen-bond acceptors (Lipinski definition) is 7. The zero-order valence-electron chi connectivity index (χ0n) is 18.9. The summed E-state index contributed by atoms with van der Waals surface area (Å²) in [6.45, 7) is 6.13. The van der Waals surface area contributed by atoms with Crippen LogP contribution in [0.15, 0.2) is 47.6 Å². The van der Waals surface area contributed by atoms with Crippen LogP contribution in [-0.2, 0) is 19.6 Å². The van der Waals surface area contributed by atoms with Gasteiger partial charge in [0.2, 0.25) is 15.9 Å². The number of nitrogens with zero attached hydrogens (tertiary/aromatic N) is 3. The normalized spacial score (nSPS) is 15.9. The van der Waals surface area contributed by atoms with Crippen LogP contribution >= 0.6 is 0 Å². The monoisotopic (exact) mass is 475 g/mol. The number of benzene rings is 1. The van der Waals surface area contributed by atoms with Gasteiger partial charge in [-0.2, -0.15) is 4.72 Å². The van der Waals surface area contributed by atoms with E-state index >= 15 is 0 Å². The number of methoxy groups -OCH3 is 1. The molecule has 3 rings (SSSR count). The number of para-hydroxylation sites is 1. The number of ether oxygens (including phenoxy) is 1. The Balaban J connectivity index is 1.88. The lowest BCUT2D eigenvalue weighted by Gasteiger charge is -2.37. The Morgan fingerprint density at radius 2 is 1.82 bits per heavy atom. The number of carbonyl (C=O) groups is 2. The second-order valence-corrected chi connectivity index (χ2v) is 9.67. The maximum atomic E-state index is 13.2. The number of nitrogens with two attached hydrogens (primary N) is 1. The molecule has 1 aliphatic heterocycles. The summed E-state index contributed by atoms with van der Waals surface area (Å²) in [4.78, 5) is 32.6. The van der Waals surface area contributed by atoms with Gasteiger partial charge in [-0.25, -0.2) is 8.42 Å². The number of pyridine rings is 1. The van der Waals surface area contributed by atoms with Gasteiger partial charge in [0.05, 0.1) is 7.11 Å². The molecule has 10 nitrogen and oxygen atoms in total. The van der Waals surface area contributed by atoms with E-state index in [1.165, 1.54) is 18.1 Å². The third-order valence-corrected chi connectivity index (χ3v) is 7.05. The highest BCUT2D eigenvalue weighted by Crippen LogP contribution is 2.35. The van der Waals surface area contributed by atoms with Gasteiger partial charge in [-0.15, -0.1) is 0 Å². The zero-order chi connectivity index (χ0) is 24.2. The van der Waals surface area contributed by atoms with Crippen LogP contribution in [0.3, 0.4) is 0 Å². The van der Waals surface area contributed by atoms with Gasteiger partial charge in [-0.1, -0.05) is 18.2 Å². The molecule has 1 fully saturated rings. The Hall–Kier alpha value is -3.02. The molecule has 2 amide bonds. The van der Waals surface area contributed by atoms with E-state index in [9.17, 15) is 18.0 Å². The first-order valence-electron chi connectivity index (χ1n) is 10.6. The molecular weight excluding hydrogens is 446 g/mol. The number of carbonyl (C=O) groups excluding carboxylic acids is 2. The van der Waals surface area contributed by atoms with E-state index in [4.69, 9.17) is 10.5 Å². The average molecular weight is 476 g/mol. The number of hydrogen-bond donors (Lipinski definition) is 2. The highest BCUT2D eigenvalue weighted by molar-refractivity contribution is 7.89. The van der Waals surface area contributed by atoms with E-state index in [1.54, 1.807) is 36.7 Å². The number of rotatable bonds is 8.